The van der Waals surface area contributed by atoms with E-state index < -0.39 is 41.5 Å². The first-order valence-corrected chi connectivity index (χ1v) is 11.6. The number of carbonyl (C=O) groups is 4. The van der Waals surface area contributed by atoms with Crippen molar-refractivity contribution in [1.29, 1.82) is 0 Å². The van der Waals surface area contributed by atoms with Gasteiger partial charge in [0.05, 0.1) is 11.3 Å². The monoisotopic (exact) mass is 516 g/mol. The molecule has 2 aromatic carbocycles. The molecule has 0 spiro atoms. The van der Waals surface area contributed by atoms with Crippen LogP contribution in [0.15, 0.2) is 30.3 Å². The number of carboxylic acids is 1. The largest absolute Gasteiger partial charge is 0.480 e. The van der Waals surface area contributed by atoms with E-state index in [1.165, 1.54) is 0 Å². The van der Waals surface area contributed by atoms with E-state index >= 15 is 0 Å². The van der Waals surface area contributed by atoms with Crippen LogP contribution in [0.2, 0.25) is 0 Å². The fourth-order valence-corrected chi connectivity index (χ4v) is 3.59. The zero-order valence-electron chi connectivity index (χ0n) is 21.7. The summed E-state index contributed by atoms with van der Waals surface area (Å²) >= 11 is 0. The van der Waals surface area contributed by atoms with Crippen LogP contribution in [0.4, 0.5) is 25.4 Å². The molecular formula is C26H33FN4O6. The number of ether oxygens (including phenoxy) is 1. The molecule has 0 heterocycles. The van der Waals surface area contributed by atoms with Crippen LogP contribution in [0.5, 0.6) is 0 Å². The molecule has 0 fully saturated rings. The van der Waals surface area contributed by atoms with Crippen LogP contribution in [-0.2, 0) is 9.53 Å². The quantitative estimate of drug-likeness (QED) is 0.349. The Labute approximate surface area is 215 Å². The van der Waals surface area contributed by atoms with E-state index in [-0.39, 0.29) is 24.2 Å². The summed E-state index contributed by atoms with van der Waals surface area (Å²) in [5, 5.41) is 19.4. The van der Waals surface area contributed by atoms with Gasteiger partial charge in [0, 0.05) is 12.2 Å². The molecule has 0 saturated heterocycles. The standard InChI is InChI=1S/C26H33FN4O6/c1-14-11-15(2)21(16(3)12-14)31-24(35)30-20-13-17(27)7-8-18(20)22(32)29-19(23(33)34)9-10-28-25(36)37-26(4,5)6/h7-8,11-13,19H,9-10H2,1-6H3,(H,28,36)(H,29,32)(H,33,34)(H2,30,31,35)/t19-/m0/s1. The van der Waals surface area contributed by atoms with Crippen LogP contribution in [0.3, 0.4) is 0 Å². The molecule has 2 aromatic rings. The number of halogens is 1. The summed E-state index contributed by atoms with van der Waals surface area (Å²) in [7, 11) is 0. The van der Waals surface area contributed by atoms with E-state index in [2.05, 4.69) is 21.3 Å². The molecule has 0 aliphatic heterocycles. The summed E-state index contributed by atoms with van der Waals surface area (Å²) < 4.78 is 19.1. The number of anilines is 2. The molecule has 0 aliphatic rings. The second-order valence-electron chi connectivity index (χ2n) is 9.62. The zero-order valence-corrected chi connectivity index (χ0v) is 21.7. The number of urea groups is 1. The lowest BCUT2D eigenvalue weighted by Gasteiger charge is -2.20. The minimum Gasteiger partial charge on any atom is -0.480 e. The minimum absolute atomic E-state index is 0.0850. The van der Waals surface area contributed by atoms with Crippen molar-refractivity contribution in [2.45, 2.75) is 59.6 Å². The van der Waals surface area contributed by atoms with Gasteiger partial charge in [-0.05, 0) is 77.3 Å². The van der Waals surface area contributed by atoms with Crippen LogP contribution >= 0.6 is 0 Å². The molecule has 11 heteroatoms. The summed E-state index contributed by atoms with van der Waals surface area (Å²) in [4.78, 5) is 49.0. The van der Waals surface area contributed by atoms with Crippen molar-refractivity contribution in [1.82, 2.24) is 10.6 Å². The van der Waals surface area contributed by atoms with Gasteiger partial charge in [0.25, 0.3) is 5.91 Å². The molecule has 0 aliphatic carbocycles. The summed E-state index contributed by atoms with van der Waals surface area (Å²) in [5.74, 6) is -2.88. The first kappa shape index (κ1) is 29.1. The van der Waals surface area contributed by atoms with E-state index in [1.54, 1.807) is 20.8 Å². The number of hydrogen-bond donors (Lipinski definition) is 5. The number of carbonyl (C=O) groups excluding carboxylic acids is 3. The number of aliphatic carboxylic acids is 1. The number of nitrogens with one attached hydrogen (secondary N) is 4. The maximum Gasteiger partial charge on any atom is 0.407 e. The van der Waals surface area contributed by atoms with Gasteiger partial charge in [0.1, 0.15) is 17.5 Å². The maximum atomic E-state index is 14.0. The summed E-state index contributed by atoms with van der Waals surface area (Å²) in [6, 6.07) is 4.84. The van der Waals surface area contributed by atoms with E-state index in [9.17, 15) is 28.7 Å². The van der Waals surface area contributed by atoms with Gasteiger partial charge in [-0.25, -0.2) is 18.8 Å². The topological polar surface area (TPSA) is 146 Å². The van der Waals surface area contributed by atoms with Crippen molar-refractivity contribution in [2.75, 3.05) is 17.2 Å². The maximum absolute atomic E-state index is 14.0. The Bertz CT molecular complexity index is 1170. The van der Waals surface area contributed by atoms with Crippen LogP contribution in [0.1, 0.15) is 54.2 Å². The molecule has 4 amide bonds. The normalized spacial score (nSPS) is 11.8. The molecule has 10 nitrogen and oxygen atoms in total. The summed E-state index contributed by atoms with van der Waals surface area (Å²) in [6.45, 7) is 10.6. The third-order valence-electron chi connectivity index (χ3n) is 5.09. The van der Waals surface area contributed by atoms with Crippen molar-refractivity contribution in [3.8, 4) is 0 Å². The molecule has 200 valence electrons. The Hall–Kier alpha value is -4.15. The van der Waals surface area contributed by atoms with Gasteiger partial charge in [0.2, 0.25) is 0 Å². The Kier molecular flexibility index (Phi) is 9.59. The number of alkyl carbamates (subject to hydrolysis) is 1. The highest BCUT2D eigenvalue weighted by Crippen LogP contribution is 2.23. The molecule has 0 aromatic heterocycles. The lowest BCUT2D eigenvalue weighted by atomic mass is 10.1. The Balaban J connectivity index is 2.11. The summed E-state index contributed by atoms with van der Waals surface area (Å²) in [6.07, 6.45) is -0.866. The van der Waals surface area contributed by atoms with E-state index in [0.717, 1.165) is 34.9 Å². The Morgan fingerprint density at radius 3 is 2.19 bits per heavy atom. The van der Waals surface area contributed by atoms with Gasteiger partial charge in [-0.15, -0.1) is 0 Å². The van der Waals surface area contributed by atoms with Crippen molar-refractivity contribution in [3.05, 3.63) is 58.4 Å². The van der Waals surface area contributed by atoms with Gasteiger partial charge in [-0.2, -0.15) is 0 Å². The first-order valence-electron chi connectivity index (χ1n) is 11.6. The lowest BCUT2D eigenvalue weighted by Crippen LogP contribution is -2.43. The number of benzene rings is 2. The van der Waals surface area contributed by atoms with Crippen molar-refractivity contribution < 1.29 is 33.4 Å². The minimum atomic E-state index is -1.37. The molecule has 0 saturated carbocycles. The second kappa shape index (κ2) is 12.2. The summed E-state index contributed by atoms with van der Waals surface area (Å²) in [5.41, 5.74) is 2.25. The molecule has 2 rings (SSSR count). The number of amides is 4. The predicted molar refractivity (Wildman–Crippen MR) is 137 cm³/mol. The second-order valence-corrected chi connectivity index (χ2v) is 9.62. The van der Waals surface area contributed by atoms with Crippen LogP contribution in [-0.4, -0.2) is 47.3 Å². The van der Waals surface area contributed by atoms with Crippen LogP contribution < -0.4 is 21.3 Å². The van der Waals surface area contributed by atoms with Gasteiger partial charge in [-0.1, -0.05) is 17.7 Å². The van der Waals surface area contributed by atoms with E-state index in [0.29, 0.717) is 5.69 Å². The molecule has 0 bridgehead atoms. The molecular weight excluding hydrogens is 483 g/mol. The fraction of sp³-hybridized carbons (Fsp3) is 0.385. The number of aryl methyl sites for hydroxylation is 3. The van der Waals surface area contributed by atoms with Crippen LogP contribution in [0.25, 0.3) is 0 Å². The fourth-order valence-electron chi connectivity index (χ4n) is 3.59. The smallest absolute Gasteiger partial charge is 0.407 e. The highest BCUT2D eigenvalue weighted by Gasteiger charge is 2.24. The van der Waals surface area contributed by atoms with Crippen LogP contribution in [0, 0.1) is 26.6 Å². The van der Waals surface area contributed by atoms with Crippen molar-refractivity contribution in [3.63, 3.8) is 0 Å². The average molecular weight is 517 g/mol. The lowest BCUT2D eigenvalue weighted by molar-refractivity contribution is -0.139. The molecule has 37 heavy (non-hydrogen) atoms. The molecule has 1 atom stereocenters. The Morgan fingerprint density at radius 2 is 1.62 bits per heavy atom. The van der Waals surface area contributed by atoms with Gasteiger partial charge in [-0.3, -0.25) is 4.79 Å². The Morgan fingerprint density at radius 1 is 1.00 bits per heavy atom. The SMILES string of the molecule is Cc1cc(C)c(NC(=O)Nc2cc(F)ccc2C(=O)N[C@@H](CCNC(=O)OC(C)(C)C)C(=O)O)c(C)c1. The molecule has 0 radical (unpaired) electrons. The molecule has 5 N–H and O–H groups in total. The predicted octanol–water partition coefficient (Wildman–Crippen LogP) is 4.49. The highest BCUT2D eigenvalue weighted by atomic mass is 19.1. The van der Waals surface area contributed by atoms with E-state index in [4.69, 9.17) is 4.74 Å². The third-order valence-corrected chi connectivity index (χ3v) is 5.09. The first-order chi connectivity index (χ1) is 17.2. The third kappa shape index (κ3) is 9.10. The van der Waals surface area contributed by atoms with Gasteiger partial charge in [0.15, 0.2) is 0 Å². The van der Waals surface area contributed by atoms with Gasteiger partial charge < -0.3 is 31.1 Å². The number of carboxylic acid groups (broad SMARTS) is 1. The van der Waals surface area contributed by atoms with E-state index in [1.807, 2.05) is 32.9 Å². The van der Waals surface area contributed by atoms with Crippen molar-refractivity contribution in [2.24, 2.45) is 0 Å². The number of rotatable bonds is 8. The van der Waals surface area contributed by atoms with Crippen molar-refractivity contribution >= 4 is 35.4 Å². The number of hydrogen-bond acceptors (Lipinski definition) is 5. The van der Waals surface area contributed by atoms with Gasteiger partial charge >= 0.3 is 18.1 Å². The highest BCUT2D eigenvalue weighted by molar-refractivity contribution is 6.07. The zero-order chi connectivity index (χ0) is 27.9. The average Bonchev–Trinajstić information content (AvgIpc) is 2.74. The molecule has 0 unspecified atom stereocenters.